The number of aromatic carboxylic acids is 1. The molecular weight excluding hydrogens is 224 g/mol. The summed E-state index contributed by atoms with van der Waals surface area (Å²) in [5.41, 5.74) is 0.649. The lowest BCUT2D eigenvalue weighted by molar-refractivity contribution is 0.0697. The lowest BCUT2D eigenvalue weighted by Gasteiger charge is -1.92. The number of hydrogen-bond acceptors (Lipinski definition) is 3. The smallest absolute Gasteiger partial charge is 0.339 e. The summed E-state index contributed by atoms with van der Waals surface area (Å²) in [5.74, 6) is 1.43. The minimum absolute atomic E-state index is 0.178. The maximum Gasteiger partial charge on any atom is 0.339 e. The van der Waals surface area contributed by atoms with Crippen molar-refractivity contribution in [1.82, 2.24) is 9.78 Å². The molecule has 2 aromatic rings. The molecule has 0 saturated heterocycles. The number of carbonyl (C=O) groups is 1. The highest BCUT2D eigenvalue weighted by Crippen LogP contribution is 2.26. The quantitative estimate of drug-likeness (QED) is 0.823. The first-order chi connectivity index (χ1) is 7.72. The fourth-order valence-corrected chi connectivity index (χ4v) is 2.07. The van der Waals surface area contributed by atoms with Crippen LogP contribution in [-0.2, 0) is 6.54 Å². The highest BCUT2D eigenvalue weighted by atomic mass is 32.1. The summed E-state index contributed by atoms with van der Waals surface area (Å²) in [6, 6.07) is 3.69. The molecule has 0 aliphatic heterocycles. The van der Waals surface area contributed by atoms with Crippen molar-refractivity contribution in [2.75, 3.05) is 0 Å². The molecule has 0 fully saturated rings. The molecule has 2 aromatic heterocycles. The molecule has 80 valence electrons. The van der Waals surface area contributed by atoms with Crippen molar-refractivity contribution in [2.45, 2.75) is 6.54 Å². The summed E-state index contributed by atoms with van der Waals surface area (Å²) in [7, 11) is 0. The van der Waals surface area contributed by atoms with Crippen molar-refractivity contribution in [1.29, 1.82) is 0 Å². The van der Waals surface area contributed by atoms with Gasteiger partial charge in [0.05, 0.1) is 4.88 Å². The topological polar surface area (TPSA) is 55.1 Å². The Hall–Kier alpha value is -2.06. The lowest BCUT2D eigenvalue weighted by Crippen LogP contribution is -1.96. The number of nitrogens with zero attached hydrogens (tertiary/aromatic N) is 2. The van der Waals surface area contributed by atoms with Crippen LogP contribution in [0.15, 0.2) is 23.7 Å². The first kappa shape index (κ1) is 10.5. The molecule has 5 heteroatoms. The van der Waals surface area contributed by atoms with E-state index in [2.05, 4.69) is 11.0 Å². The van der Waals surface area contributed by atoms with Crippen LogP contribution >= 0.6 is 11.3 Å². The van der Waals surface area contributed by atoms with Gasteiger partial charge in [-0.15, -0.1) is 17.8 Å². The van der Waals surface area contributed by atoms with Gasteiger partial charge in [-0.05, 0) is 11.4 Å². The van der Waals surface area contributed by atoms with Crippen LogP contribution < -0.4 is 0 Å². The second-order valence-corrected chi connectivity index (χ2v) is 4.02. The van der Waals surface area contributed by atoms with Crippen molar-refractivity contribution in [3.8, 4) is 22.9 Å². The average molecular weight is 232 g/mol. The second kappa shape index (κ2) is 4.21. The number of hydrogen-bond donors (Lipinski definition) is 1. The number of thiophene rings is 1. The molecule has 0 bridgehead atoms. The average Bonchev–Trinajstić information content (AvgIpc) is 2.83. The van der Waals surface area contributed by atoms with E-state index < -0.39 is 5.97 Å². The van der Waals surface area contributed by atoms with Gasteiger partial charge in [0.2, 0.25) is 0 Å². The van der Waals surface area contributed by atoms with Gasteiger partial charge >= 0.3 is 5.97 Å². The molecule has 0 amide bonds. The van der Waals surface area contributed by atoms with Gasteiger partial charge in [0, 0.05) is 6.20 Å². The summed E-state index contributed by atoms with van der Waals surface area (Å²) in [5, 5.41) is 15.1. The Balaban J connectivity index is 2.51. The summed E-state index contributed by atoms with van der Waals surface area (Å²) in [6.07, 6.45) is 6.61. The molecular formula is C11H8N2O2S. The number of terminal acetylenes is 1. The third-order valence-corrected chi connectivity index (χ3v) is 2.88. The zero-order valence-electron chi connectivity index (χ0n) is 8.25. The maximum absolute atomic E-state index is 11.0. The van der Waals surface area contributed by atoms with Gasteiger partial charge < -0.3 is 5.11 Å². The summed E-state index contributed by atoms with van der Waals surface area (Å²) in [4.78, 5) is 11.9. The fourth-order valence-electron chi connectivity index (χ4n) is 1.35. The number of aromatic nitrogens is 2. The maximum atomic E-state index is 11.0. The standard InChI is InChI=1S/C11H8N2O2S/c1-2-5-13-7-8(11(14)15)10(12-13)9-4-3-6-16-9/h1,3-4,6-7H,5H2,(H,14,15). The Labute approximate surface area is 96.2 Å². The molecule has 0 saturated carbocycles. The van der Waals surface area contributed by atoms with E-state index in [0.29, 0.717) is 5.69 Å². The molecule has 2 heterocycles. The Morgan fingerprint density at radius 3 is 3.06 bits per heavy atom. The van der Waals surface area contributed by atoms with Crippen molar-refractivity contribution in [3.05, 3.63) is 29.3 Å². The van der Waals surface area contributed by atoms with Crippen molar-refractivity contribution >= 4 is 17.3 Å². The summed E-state index contributed by atoms with van der Waals surface area (Å²) in [6.45, 7) is 0.269. The van der Waals surface area contributed by atoms with Crippen LogP contribution in [0.1, 0.15) is 10.4 Å². The molecule has 0 unspecified atom stereocenters. The van der Waals surface area contributed by atoms with Crippen LogP contribution in [-0.4, -0.2) is 20.9 Å². The molecule has 0 aromatic carbocycles. The third-order valence-electron chi connectivity index (χ3n) is 2.00. The van der Waals surface area contributed by atoms with Gasteiger partial charge in [0.15, 0.2) is 0 Å². The predicted octanol–water partition coefficient (Wildman–Crippen LogP) is 1.94. The number of carboxylic acid groups (broad SMARTS) is 1. The van der Waals surface area contributed by atoms with Crippen LogP contribution in [0.25, 0.3) is 10.6 Å². The van der Waals surface area contributed by atoms with Crippen molar-refractivity contribution < 1.29 is 9.90 Å². The Kier molecular flexibility index (Phi) is 2.75. The van der Waals surface area contributed by atoms with Crippen LogP contribution in [0.2, 0.25) is 0 Å². The molecule has 2 rings (SSSR count). The fraction of sp³-hybridized carbons (Fsp3) is 0.0909. The Bertz CT molecular complexity index is 549. The van der Waals surface area contributed by atoms with E-state index in [1.807, 2.05) is 17.5 Å². The number of carboxylic acids is 1. The van der Waals surface area contributed by atoms with Crippen molar-refractivity contribution in [3.63, 3.8) is 0 Å². The van der Waals surface area contributed by atoms with E-state index in [9.17, 15) is 4.79 Å². The molecule has 1 N–H and O–H groups in total. The Morgan fingerprint density at radius 2 is 2.50 bits per heavy atom. The molecule has 16 heavy (non-hydrogen) atoms. The van der Waals surface area contributed by atoms with Gasteiger partial charge in [-0.25, -0.2) is 4.79 Å². The van der Waals surface area contributed by atoms with Gasteiger partial charge in [-0.2, -0.15) is 5.10 Å². The van der Waals surface area contributed by atoms with E-state index in [4.69, 9.17) is 11.5 Å². The van der Waals surface area contributed by atoms with E-state index in [1.54, 1.807) is 0 Å². The Morgan fingerprint density at radius 1 is 1.69 bits per heavy atom. The largest absolute Gasteiger partial charge is 0.478 e. The minimum Gasteiger partial charge on any atom is -0.478 e. The number of rotatable bonds is 3. The van der Waals surface area contributed by atoms with Gasteiger partial charge in [-0.3, -0.25) is 4.68 Å². The molecule has 0 aliphatic carbocycles. The molecule has 0 atom stereocenters. The lowest BCUT2D eigenvalue weighted by atomic mass is 10.2. The first-order valence-corrected chi connectivity index (χ1v) is 5.38. The van der Waals surface area contributed by atoms with E-state index in [-0.39, 0.29) is 12.1 Å². The SMILES string of the molecule is C#CCn1cc(C(=O)O)c(-c2cccs2)n1. The highest BCUT2D eigenvalue weighted by Gasteiger charge is 2.17. The van der Waals surface area contributed by atoms with Crippen molar-refractivity contribution in [2.24, 2.45) is 0 Å². The van der Waals surface area contributed by atoms with Crippen LogP contribution in [0.5, 0.6) is 0 Å². The van der Waals surface area contributed by atoms with E-state index in [0.717, 1.165) is 4.88 Å². The van der Waals surface area contributed by atoms with Gasteiger partial charge in [0.25, 0.3) is 0 Å². The van der Waals surface area contributed by atoms with Crippen LogP contribution in [0.4, 0.5) is 0 Å². The van der Waals surface area contributed by atoms with E-state index in [1.165, 1.54) is 22.2 Å². The van der Waals surface area contributed by atoms with E-state index >= 15 is 0 Å². The highest BCUT2D eigenvalue weighted by molar-refractivity contribution is 7.13. The normalized spacial score (nSPS) is 9.94. The molecule has 0 spiro atoms. The van der Waals surface area contributed by atoms with Crippen LogP contribution in [0, 0.1) is 12.3 Å². The first-order valence-electron chi connectivity index (χ1n) is 4.50. The summed E-state index contributed by atoms with van der Waals surface area (Å²) >= 11 is 1.45. The molecule has 4 nitrogen and oxygen atoms in total. The summed E-state index contributed by atoms with van der Waals surface area (Å²) < 4.78 is 1.46. The third kappa shape index (κ3) is 1.83. The minimum atomic E-state index is -0.994. The van der Waals surface area contributed by atoms with Gasteiger partial charge in [0.1, 0.15) is 17.8 Å². The molecule has 0 radical (unpaired) electrons. The van der Waals surface area contributed by atoms with Gasteiger partial charge in [-0.1, -0.05) is 12.0 Å². The zero-order chi connectivity index (χ0) is 11.5. The zero-order valence-corrected chi connectivity index (χ0v) is 9.07. The predicted molar refractivity (Wildman–Crippen MR) is 61.3 cm³/mol. The van der Waals surface area contributed by atoms with Crippen LogP contribution in [0.3, 0.4) is 0 Å². The monoisotopic (exact) mass is 232 g/mol. The second-order valence-electron chi connectivity index (χ2n) is 3.08. The molecule has 0 aliphatic rings.